The Hall–Kier alpha value is -3.41. The molecule has 1 unspecified atom stereocenters. The molecule has 0 fully saturated rings. The van der Waals surface area contributed by atoms with E-state index < -0.39 is 6.10 Å². The molecule has 0 bridgehead atoms. The zero-order valence-corrected chi connectivity index (χ0v) is 39.7. The number of hydrogen-bond acceptors (Lipinski definition) is 6. The molecule has 0 amide bonds. The van der Waals surface area contributed by atoms with Crippen molar-refractivity contribution in [2.75, 3.05) is 13.2 Å². The van der Waals surface area contributed by atoms with Crippen LogP contribution in [-0.4, -0.2) is 37.2 Å². The summed E-state index contributed by atoms with van der Waals surface area (Å²) in [6.07, 6.45) is 62.8. The maximum atomic E-state index is 12.7. The van der Waals surface area contributed by atoms with E-state index in [9.17, 15) is 14.4 Å². The Bertz CT molecular complexity index is 1200. The zero-order valence-electron chi connectivity index (χ0n) is 39.7. The molecule has 1 atom stereocenters. The average molecular weight is 849 g/mol. The van der Waals surface area contributed by atoms with Gasteiger partial charge >= 0.3 is 17.9 Å². The third-order valence-electron chi connectivity index (χ3n) is 10.5. The fourth-order valence-electron chi connectivity index (χ4n) is 6.75. The maximum absolute atomic E-state index is 12.7. The SMILES string of the molecule is CC\C=C/C=C\C=C/C=C\CCCCCC(=O)OC(COC(=O)CCCCCCC\C=C/C=C\C=C/CCCCCCC)COC(=O)CCCCCCCCCCCCCC. The molecule has 6 heteroatoms. The lowest BCUT2D eigenvalue weighted by Gasteiger charge is -2.18. The monoisotopic (exact) mass is 849 g/mol. The van der Waals surface area contributed by atoms with Crippen LogP contribution in [0.4, 0.5) is 0 Å². The van der Waals surface area contributed by atoms with Crippen LogP contribution >= 0.6 is 0 Å². The van der Waals surface area contributed by atoms with Gasteiger partial charge in [0.1, 0.15) is 13.2 Å². The first-order valence-electron chi connectivity index (χ1n) is 25.2. The summed E-state index contributed by atoms with van der Waals surface area (Å²) in [5.74, 6) is -0.961. The molecule has 0 spiro atoms. The van der Waals surface area contributed by atoms with Crippen LogP contribution in [0.15, 0.2) is 85.1 Å². The van der Waals surface area contributed by atoms with E-state index in [1.807, 2.05) is 36.5 Å². The third-order valence-corrected chi connectivity index (χ3v) is 10.5. The van der Waals surface area contributed by atoms with Crippen LogP contribution in [0, 0.1) is 0 Å². The lowest BCUT2D eigenvalue weighted by Crippen LogP contribution is -2.30. The number of allylic oxidation sites excluding steroid dienone is 14. The van der Waals surface area contributed by atoms with Crippen molar-refractivity contribution in [2.24, 2.45) is 0 Å². The Labute approximate surface area is 375 Å². The minimum absolute atomic E-state index is 0.0986. The summed E-state index contributed by atoms with van der Waals surface area (Å²) in [7, 11) is 0. The first-order valence-corrected chi connectivity index (χ1v) is 25.2. The van der Waals surface area contributed by atoms with Crippen LogP contribution < -0.4 is 0 Å². The van der Waals surface area contributed by atoms with E-state index in [1.54, 1.807) is 0 Å². The first kappa shape index (κ1) is 57.6. The quantitative estimate of drug-likeness (QED) is 0.0263. The second kappa shape index (κ2) is 49.2. The number of carbonyl (C=O) groups is 3. The van der Waals surface area contributed by atoms with Gasteiger partial charge in [0.15, 0.2) is 6.10 Å². The standard InChI is InChI=1S/C55H92O6/c1-4-7-10-13-16-19-22-25-26-27-28-29-31-33-36-39-42-45-48-54(57)60-51-52(50-59-53(56)47-44-41-38-35-32-24-21-18-15-12-9-6-3)61-55(58)49-46-43-40-37-34-30-23-20-17-14-11-8-5-2/h8,11,14,17,20,22-23,25-30,34,52H,4-7,9-10,12-13,15-16,18-19,21,24,31-33,35-51H2,1-3H3/b11-8-,17-14-,23-20-,25-22-,27-26-,29-28-,34-30-. The van der Waals surface area contributed by atoms with Gasteiger partial charge in [-0.25, -0.2) is 0 Å². The molecule has 0 rings (SSSR count). The highest BCUT2D eigenvalue weighted by Gasteiger charge is 2.19. The minimum Gasteiger partial charge on any atom is -0.462 e. The van der Waals surface area contributed by atoms with Crippen molar-refractivity contribution in [1.29, 1.82) is 0 Å². The number of unbranched alkanes of at least 4 members (excludes halogenated alkanes) is 24. The smallest absolute Gasteiger partial charge is 0.306 e. The molecule has 0 heterocycles. The highest BCUT2D eigenvalue weighted by molar-refractivity contribution is 5.71. The van der Waals surface area contributed by atoms with Gasteiger partial charge in [0.25, 0.3) is 0 Å². The highest BCUT2D eigenvalue weighted by Crippen LogP contribution is 2.14. The first-order chi connectivity index (χ1) is 30.0. The normalized spacial score (nSPS) is 12.8. The number of rotatable bonds is 44. The largest absolute Gasteiger partial charge is 0.462 e. The molecule has 6 nitrogen and oxygen atoms in total. The summed E-state index contributed by atoms with van der Waals surface area (Å²) in [6.45, 7) is 6.42. The second-order valence-electron chi connectivity index (χ2n) is 16.5. The number of esters is 3. The molecule has 61 heavy (non-hydrogen) atoms. The molecule has 0 aromatic carbocycles. The summed E-state index contributed by atoms with van der Waals surface area (Å²) >= 11 is 0. The van der Waals surface area contributed by atoms with Crippen molar-refractivity contribution in [3.8, 4) is 0 Å². The van der Waals surface area contributed by atoms with Gasteiger partial charge in [0, 0.05) is 19.3 Å². The van der Waals surface area contributed by atoms with Crippen molar-refractivity contribution in [1.82, 2.24) is 0 Å². The zero-order chi connectivity index (χ0) is 44.4. The number of hydrogen-bond donors (Lipinski definition) is 0. The van der Waals surface area contributed by atoms with Crippen molar-refractivity contribution in [3.63, 3.8) is 0 Å². The predicted molar refractivity (Wildman–Crippen MR) is 261 cm³/mol. The van der Waals surface area contributed by atoms with E-state index >= 15 is 0 Å². The van der Waals surface area contributed by atoms with E-state index in [0.717, 1.165) is 89.9 Å². The van der Waals surface area contributed by atoms with Gasteiger partial charge in [-0.2, -0.15) is 0 Å². The molecular weight excluding hydrogens is 757 g/mol. The third kappa shape index (κ3) is 47.5. The van der Waals surface area contributed by atoms with E-state index in [1.165, 1.54) is 89.9 Å². The van der Waals surface area contributed by atoms with Crippen LogP contribution in [0.25, 0.3) is 0 Å². The Balaban J connectivity index is 4.46. The summed E-state index contributed by atoms with van der Waals surface area (Å²) in [5, 5.41) is 0. The van der Waals surface area contributed by atoms with E-state index in [2.05, 4.69) is 69.4 Å². The molecule has 0 aliphatic heterocycles. The molecule has 0 radical (unpaired) electrons. The summed E-state index contributed by atoms with van der Waals surface area (Å²) in [5.41, 5.74) is 0. The van der Waals surface area contributed by atoms with Crippen molar-refractivity contribution in [2.45, 2.75) is 232 Å². The molecule has 0 saturated carbocycles. The van der Waals surface area contributed by atoms with Gasteiger partial charge in [0.2, 0.25) is 0 Å². The van der Waals surface area contributed by atoms with Gasteiger partial charge < -0.3 is 14.2 Å². The molecular formula is C55H92O6. The summed E-state index contributed by atoms with van der Waals surface area (Å²) in [4.78, 5) is 37.9. The van der Waals surface area contributed by atoms with E-state index in [0.29, 0.717) is 19.3 Å². The molecule has 348 valence electrons. The Kier molecular flexibility index (Phi) is 46.5. The molecule has 0 N–H and O–H groups in total. The second-order valence-corrected chi connectivity index (χ2v) is 16.5. The summed E-state index contributed by atoms with van der Waals surface area (Å²) < 4.78 is 16.7. The van der Waals surface area contributed by atoms with Gasteiger partial charge in [-0.1, -0.05) is 228 Å². The fourth-order valence-corrected chi connectivity index (χ4v) is 6.75. The van der Waals surface area contributed by atoms with Crippen LogP contribution in [0.5, 0.6) is 0 Å². The van der Waals surface area contributed by atoms with Gasteiger partial charge in [-0.15, -0.1) is 0 Å². The van der Waals surface area contributed by atoms with Crippen LogP contribution in [0.2, 0.25) is 0 Å². The number of ether oxygens (including phenoxy) is 3. The van der Waals surface area contributed by atoms with Crippen molar-refractivity contribution in [3.05, 3.63) is 85.1 Å². The van der Waals surface area contributed by atoms with Crippen LogP contribution in [0.1, 0.15) is 226 Å². The lowest BCUT2D eigenvalue weighted by atomic mass is 10.0. The fraction of sp³-hybridized carbons (Fsp3) is 0.691. The number of carbonyl (C=O) groups excluding carboxylic acids is 3. The Morgan fingerprint density at radius 3 is 1.02 bits per heavy atom. The Morgan fingerprint density at radius 1 is 0.344 bits per heavy atom. The Morgan fingerprint density at radius 2 is 0.639 bits per heavy atom. The van der Waals surface area contributed by atoms with E-state index in [-0.39, 0.29) is 37.5 Å². The van der Waals surface area contributed by atoms with Crippen LogP contribution in [-0.2, 0) is 28.6 Å². The van der Waals surface area contributed by atoms with Crippen molar-refractivity contribution >= 4 is 17.9 Å². The van der Waals surface area contributed by atoms with Gasteiger partial charge in [0.05, 0.1) is 0 Å². The predicted octanol–water partition coefficient (Wildman–Crippen LogP) is 16.4. The topological polar surface area (TPSA) is 78.9 Å². The van der Waals surface area contributed by atoms with E-state index in [4.69, 9.17) is 14.2 Å². The highest BCUT2D eigenvalue weighted by atomic mass is 16.6. The molecule has 0 aliphatic rings. The lowest BCUT2D eigenvalue weighted by molar-refractivity contribution is -0.167. The average Bonchev–Trinajstić information content (AvgIpc) is 3.26. The van der Waals surface area contributed by atoms with Gasteiger partial charge in [-0.3, -0.25) is 14.4 Å². The summed E-state index contributed by atoms with van der Waals surface area (Å²) in [6, 6.07) is 0. The molecule has 0 aromatic rings. The minimum atomic E-state index is -0.803. The van der Waals surface area contributed by atoms with Crippen LogP contribution in [0.3, 0.4) is 0 Å². The maximum Gasteiger partial charge on any atom is 0.306 e. The van der Waals surface area contributed by atoms with Crippen molar-refractivity contribution < 1.29 is 28.6 Å². The molecule has 0 aliphatic carbocycles. The molecule has 0 saturated heterocycles. The molecule has 0 aromatic heterocycles. The van der Waals surface area contributed by atoms with Gasteiger partial charge in [-0.05, 0) is 64.2 Å².